The number of benzene rings is 3. The zero-order chi connectivity index (χ0) is 28.0. The fourth-order valence-corrected chi connectivity index (χ4v) is 7.84. The molecule has 0 aliphatic carbocycles. The molecule has 3 atom stereocenters. The van der Waals surface area contributed by atoms with Gasteiger partial charge in [-0.1, -0.05) is 57.2 Å². The minimum absolute atomic E-state index is 0.293. The summed E-state index contributed by atoms with van der Waals surface area (Å²) in [5.41, 5.74) is 1.45. The Morgan fingerprint density at radius 2 is 1.77 bits per heavy atom. The number of anilines is 2. The van der Waals surface area contributed by atoms with Crippen LogP contribution in [0, 0.1) is 11.7 Å². The van der Waals surface area contributed by atoms with Crippen molar-refractivity contribution in [2.45, 2.75) is 16.2 Å². The predicted molar refractivity (Wildman–Crippen MR) is 154 cm³/mol. The lowest BCUT2D eigenvalue weighted by Crippen LogP contribution is -2.32. The second-order valence-corrected chi connectivity index (χ2v) is 12.2. The van der Waals surface area contributed by atoms with Crippen LogP contribution in [-0.4, -0.2) is 34.6 Å². The summed E-state index contributed by atoms with van der Waals surface area (Å²) < 4.78 is 19.8. The number of imide groups is 1. The largest absolute Gasteiger partial charge is 0.483 e. The first kappa shape index (κ1) is 26.5. The quantitative estimate of drug-likeness (QED) is 0.283. The maximum atomic E-state index is 13.9. The first-order chi connectivity index (χ1) is 19.3. The van der Waals surface area contributed by atoms with Crippen molar-refractivity contribution in [2.24, 2.45) is 5.92 Å². The molecule has 2 aliphatic rings. The van der Waals surface area contributed by atoms with Gasteiger partial charge >= 0.3 is 4.87 Å². The first-order valence-electron chi connectivity index (χ1n) is 12.1. The Kier molecular flexibility index (Phi) is 7.07. The number of rotatable bonds is 6. The van der Waals surface area contributed by atoms with Crippen molar-refractivity contribution in [1.82, 2.24) is 4.98 Å². The number of nitrogens with zero attached hydrogens (tertiary/aromatic N) is 1. The Morgan fingerprint density at radius 1 is 1.02 bits per heavy atom. The summed E-state index contributed by atoms with van der Waals surface area (Å²) in [4.78, 5) is 56.9. The van der Waals surface area contributed by atoms with Gasteiger partial charge in [-0.15, -0.1) is 0 Å². The number of carbonyl (C=O) groups excluding carboxylic acids is 3. The number of para-hydroxylation sites is 1. The molecule has 3 unspecified atom stereocenters. The number of aromatic nitrogens is 1. The fraction of sp³-hybridized carbons (Fsp3) is 0.143. The summed E-state index contributed by atoms with van der Waals surface area (Å²) in [7, 11) is 0. The number of H-pyrrole nitrogens is 1. The number of hydrogen-bond acceptors (Lipinski definition) is 7. The van der Waals surface area contributed by atoms with Gasteiger partial charge in [0.1, 0.15) is 16.8 Å². The Labute approximate surface area is 243 Å². The number of fused-ring (bicyclic) bond motifs is 2. The number of amides is 3. The number of thioether (sulfide) groups is 1. The third-order valence-corrected chi connectivity index (χ3v) is 9.53. The molecule has 2 N–H and O–H groups in total. The van der Waals surface area contributed by atoms with E-state index in [2.05, 4.69) is 26.2 Å². The second-order valence-electron chi connectivity index (χ2n) is 9.12. The van der Waals surface area contributed by atoms with Crippen LogP contribution in [0.25, 0.3) is 0 Å². The monoisotopic (exact) mass is 639 g/mol. The van der Waals surface area contributed by atoms with E-state index in [0.717, 1.165) is 11.3 Å². The van der Waals surface area contributed by atoms with E-state index in [9.17, 15) is 23.6 Å². The second kappa shape index (κ2) is 10.7. The van der Waals surface area contributed by atoms with E-state index in [1.165, 1.54) is 40.9 Å². The van der Waals surface area contributed by atoms with E-state index in [0.29, 0.717) is 37.1 Å². The number of thiazole rings is 1. The van der Waals surface area contributed by atoms with E-state index in [1.54, 1.807) is 48.5 Å². The van der Waals surface area contributed by atoms with Crippen LogP contribution in [0.5, 0.6) is 5.75 Å². The van der Waals surface area contributed by atoms with Gasteiger partial charge in [0.05, 0.1) is 16.6 Å². The molecule has 12 heteroatoms. The van der Waals surface area contributed by atoms with Gasteiger partial charge in [-0.05, 0) is 54.6 Å². The van der Waals surface area contributed by atoms with Crippen molar-refractivity contribution in [2.75, 3.05) is 16.8 Å². The summed E-state index contributed by atoms with van der Waals surface area (Å²) in [6, 6.07) is 19.3. The third-order valence-electron chi connectivity index (χ3n) is 6.63. The Balaban J connectivity index is 1.36. The molecule has 40 heavy (non-hydrogen) atoms. The molecule has 8 nitrogen and oxygen atoms in total. The van der Waals surface area contributed by atoms with Crippen LogP contribution >= 0.6 is 39.0 Å². The average molecular weight is 641 g/mol. The van der Waals surface area contributed by atoms with Crippen LogP contribution in [0.4, 0.5) is 15.8 Å². The third kappa shape index (κ3) is 4.87. The molecular weight excluding hydrogens is 621 g/mol. The summed E-state index contributed by atoms with van der Waals surface area (Å²) in [6.07, 6.45) is 0. The smallest absolute Gasteiger partial charge is 0.305 e. The van der Waals surface area contributed by atoms with Gasteiger partial charge in [-0.2, -0.15) is 0 Å². The first-order valence-corrected chi connectivity index (χ1v) is 14.6. The molecule has 6 rings (SSSR count). The van der Waals surface area contributed by atoms with Gasteiger partial charge < -0.3 is 15.0 Å². The van der Waals surface area contributed by atoms with Crippen molar-refractivity contribution in [1.29, 1.82) is 0 Å². The van der Waals surface area contributed by atoms with E-state index < -0.39 is 28.8 Å². The van der Waals surface area contributed by atoms with Crippen LogP contribution in [0.1, 0.15) is 16.4 Å². The number of nitrogens with one attached hydrogen (secondary N) is 2. The van der Waals surface area contributed by atoms with E-state index >= 15 is 0 Å². The molecular formula is C28H19BrFN3O5S2. The molecule has 3 amide bonds. The highest BCUT2D eigenvalue weighted by atomic mass is 79.9. The van der Waals surface area contributed by atoms with Crippen molar-refractivity contribution < 1.29 is 23.5 Å². The molecule has 1 fully saturated rings. The highest BCUT2D eigenvalue weighted by Gasteiger charge is 2.56. The maximum absolute atomic E-state index is 13.9. The Morgan fingerprint density at radius 3 is 2.52 bits per heavy atom. The number of ether oxygens (including phenoxy) is 1. The SMILES string of the molecule is O=C(COc1ccc(Br)cc1C1c2sc(=O)[nH]c2SC2C(=O)N(c3ccccc3)C(=O)C21)Nc1ccc(F)cc1. The molecule has 4 aromatic rings. The zero-order valence-corrected chi connectivity index (χ0v) is 23.6. The molecule has 202 valence electrons. The van der Waals surface area contributed by atoms with E-state index in [1.807, 2.05) is 0 Å². The van der Waals surface area contributed by atoms with E-state index in [4.69, 9.17) is 4.74 Å². The normalized spacial score (nSPS) is 19.8. The molecule has 0 radical (unpaired) electrons. The number of carbonyl (C=O) groups is 3. The lowest BCUT2D eigenvalue weighted by molar-refractivity contribution is -0.122. The van der Waals surface area contributed by atoms with Gasteiger partial charge in [0.2, 0.25) is 11.8 Å². The minimum Gasteiger partial charge on any atom is -0.483 e. The average Bonchev–Trinajstić information content (AvgIpc) is 3.43. The summed E-state index contributed by atoms with van der Waals surface area (Å²) in [5, 5.41) is 2.43. The minimum atomic E-state index is -0.804. The van der Waals surface area contributed by atoms with Gasteiger partial charge in [0.25, 0.3) is 5.91 Å². The standard InChI is InChI=1S/C28H19BrFN3O5S2/c29-14-6-11-19(38-13-20(34)31-16-9-7-15(30)8-10-16)18(12-14)21-22-24(39-25-23(21)40-28(37)32-25)27(36)33(26(22)35)17-4-2-1-3-5-17/h1-12,21-22,24H,13H2,(H,31,34)(H,32,37). The van der Waals surface area contributed by atoms with Crippen molar-refractivity contribution in [3.05, 3.63) is 103 Å². The zero-order valence-electron chi connectivity index (χ0n) is 20.4. The molecule has 1 aromatic heterocycles. The lowest BCUT2D eigenvalue weighted by atomic mass is 9.82. The van der Waals surface area contributed by atoms with Crippen LogP contribution in [0.2, 0.25) is 0 Å². The summed E-state index contributed by atoms with van der Waals surface area (Å²) in [5.74, 6) is -2.76. The van der Waals surface area contributed by atoms with Crippen molar-refractivity contribution in [3.8, 4) is 5.75 Å². The van der Waals surface area contributed by atoms with Crippen LogP contribution < -0.4 is 19.8 Å². The summed E-state index contributed by atoms with van der Waals surface area (Å²) >= 11 is 5.66. The molecule has 3 aromatic carbocycles. The number of hydrogen-bond donors (Lipinski definition) is 2. The topological polar surface area (TPSA) is 109 Å². The molecule has 0 saturated carbocycles. The summed E-state index contributed by atoms with van der Waals surface area (Å²) in [6.45, 7) is -0.360. The lowest BCUT2D eigenvalue weighted by Gasteiger charge is -2.31. The fourth-order valence-electron chi connectivity index (χ4n) is 4.95. The maximum Gasteiger partial charge on any atom is 0.305 e. The Hall–Kier alpha value is -3.74. The number of aromatic amines is 1. The van der Waals surface area contributed by atoms with Gasteiger partial charge in [-0.3, -0.25) is 19.2 Å². The van der Waals surface area contributed by atoms with Gasteiger partial charge in [0.15, 0.2) is 6.61 Å². The molecule has 1 saturated heterocycles. The molecule has 3 heterocycles. The Bertz CT molecular complexity index is 1690. The van der Waals surface area contributed by atoms with Crippen LogP contribution in [0.3, 0.4) is 0 Å². The van der Waals surface area contributed by atoms with Gasteiger partial charge in [0, 0.05) is 26.5 Å². The molecule has 0 spiro atoms. The number of halogens is 2. The highest BCUT2D eigenvalue weighted by Crippen LogP contribution is 2.54. The molecule has 2 aliphatic heterocycles. The van der Waals surface area contributed by atoms with E-state index in [-0.39, 0.29) is 23.3 Å². The predicted octanol–water partition coefficient (Wildman–Crippen LogP) is 5.15. The molecule has 0 bridgehead atoms. The van der Waals surface area contributed by atoms with Crippen molar-refractivity contribution >= 4 is 68.1 Å². The van der Waals surface area contributed by atoms with Crippen molar-refractivity contribution in [3.63, 3.8) is 0 Å². The van der Waals surface area contributed by atoms with Crippen LogP contribution in [-0.2, 0) is 14.4 Å². The highest BCUT2D eigenvalue weighted by molar-refractivity contribution is 9.10. The van der Waals surface area contributed by atoms with Gasteiger partial charge in [-0.25, -0.2) is 9.29 Å². The van der Waals surface area contributed by atoms with Crippen LogP contribution in [0.15, 0.2) is 87.1 Å².